The van der Waals surface area contributed by atoms with Crippen LogP contribution in [0.25, 0.3) is 0 Å². The molecule has 92 valence electrons. The molecule has 0 saturated carbocycles. The smallest absolute Gasteiger partial charge is 0.405 e. The third kappa shape index (κ3) is 4.52. The Morgan fingerprint density at radius 1 is 1.24 bits per heavy atom. The van der Waals surface area contributed by atoms with Crippen molar-refractivity contribution in [1.29, 1.82) is 0 Å². The van der Waals surface area contributed by atoms with Crippen molar-refractivity contribution >= 4 is 12.0 Å². The molecule has 0 aliphatic heterocycles. The molecule has 4 N–H and O–H groups in total. The molecule has 2 amide bonds. The van der Waals surface area contributed by atoms with Gasteiger partial charge in [0.15, 0.2) is 0 Å². The van der Waals surface area contributed by atoms with Crippen LogP contribution in [0.15, 0.2) is 30.3 Å². The summed E-state index contributed by atoms with van der Waals surface area (Å²) in [6.45, 7) is -0.582. The van der Waals surface area contributed by atoms with Crippen LogP contribution in [0.4, 0.5) is 4.79 Å². The number of carbonyl (C=O) groups excluding carboxylic acids is 1. The van der Waals surface area contributed by atoms with E-state index in [2.05, 4.69) is 5.32 Å². The molecule has 17 heavy (non-hydrogen) atoms. The van der Waals surface area contributed by atoms with Crippen molar-refractivity contribution in [2.24, 2.45) is 0 Å². The normalized spacial score (nSPS) is 11.6. The largest absolute Gasteiger partial charge is 0.465 e. The first kappa shape index (κ1) is 13.0. The number of aliphatic hydroxyl groups is 1. The summed E-state index contributed by atoms with van der Waals surface area (Å²) in [4.78, 5) is 21.5. The highest BCUT2D eigenvalue weighted by atomic mass is 16.4. The van der Waals surface area contributed by atoms with Crippen LogP contribution in [0.1, 0.15) is 11.6 Å². The van der Waals surface area contributed by atoms with Gasteiger partial charge in [0.05, 0.1) is 12.6 Å². The number of benzene rings is 1. The van der Waals surface area contributed by atoms with Crippen LogP contribution in [0, 0.1) is 0 Å². The zero-order valence-corrected chi connectivity index (χ0v) is 9.09. The highest BCUT2D eigenvalue weighted by molar-refractivity contribution is 5.81. The van der Waals surface area contributed by atoms with E-state index in [9.17, 15) is 9.59 Å². The highest BCUT2D eigenvalue weighted by Gasteiger charge is 2.13. The van der Waals surface area contributed by atoms with E-state index in [0.29, 0.717) is 0 Å². The van der Waals surface area contributed by atoms with E-state index < -0.39 is 18.0 Å². The fraction of sp³-hybridized carbons (Fsp3) is 0.273. The molecule has 0 aliphatic carbocycles. The van der Waals surface area contributed by atoms with Gasteiger partial charge < -0.3 is 20.8 Å². The van der Waals surface area contributed by atoms with Crippen molar-refractivity contribution in [2.45, 2.75) is 6.04 Å². The second-order valence-electron chi connectivity index (χ2n) is 3.37. The van der Waals surface area contributed by atoms with Gasteiger partial charge in [-0.2, -0.15) is 0 Å². The Morgan fingerprint density at radius 2 is 1.88 bits per heavy atom. The maximum atomic E-state index is 11.3. The lowest BCUT2D eigenvalue weighted by atomic mass is 10.1. The standard InChI is InChI=1S/C11H14N2O4/c14-7-9(8-4-2-1-3-5-8)13-10(15)6-12-11(16)17/h1-5,9,12,14H,6-7H2,(H,13,15)(H,16,17)/t9-/m1/s1. The molecule has 1 atom stereocenters. The number of nitrogens with one attached hydrogen (secondary N) is 2. The lowest BCUT2D eigenvalue weighted by Gasteiger charge is -2.16. The summed E-state index contributed by atoms with van der Waals surface area (Å²) < 4.78 is 0. The molecule has 0 bridgehead atoms. The second kappa shape index (κ2) is 6.49. The molecule has 0 aliphatic rings. The molecule has 6 heteroatoms. The first-order valence-electron chi connectivity index (χ1n) is 5.05. The van der Waals surface area contributed by atoms with E-state index in [1.165, 1.54) is 0 Å². The first-order chi connectivity index (χ1) is 8.13. The summed E-state index contributed by atoms with van der Waals surface area (Å²) in [6, 6.07) is 8.42. The van der Waals surface area contributed by atoms with Crippen molar-refractivity contribution in [3.8, 4) is 0 Å². The SMILES string of the molecule is O=C(O)NCC(=O)N[C@H](CO)c1ccccc1. The Balaban J connectivity index is 2.53. The highest BCUT2D eigenvalue weighted by Crippen LogP contribution is 2.10. The molecule has 1 rings (SSSR count). The van der Waals surface area contributed by atoms with Crippen molar-refractivity contribution < 1.29 is 19.8 Å². The van der Waals surface area contributed by atoms with Gasteiger partial charge >= 0.3 is 6.09 Å². The van der Waals surface area contributed by atoms with Gasteiger partial charge in [0.1, 0.15) is 6.54 Å². The molecule has 0 spiro atoms. The average Bonchev–Trinajstić information content (AvgIpc) is 2.34. The molecule has 0 aromatic heterocycles. The molecule has 1 aromatic rings. The lowest BCUT2D eigenvalue weighted by molar-refractivity contribution is -0.121. The number of carboxylic acid groups (broad SMARTS) is 1. The Labute approximate surface area is 98.3 Å². The van der Waals surface area contributed by atoms with E-state index in [1.807, 2.05) is 11.4 Å². The van der Waals surface area contributed by atoms with Crippen LogP contribution in [-0.4, -0.2) is 35.4 Å². The van der Waals surface area contributed by atoms with Crippen molar-refractivity contribution in [2.75, 3.05) is 13.2 Å². The summed E-state index contributed by atoms with van der Waals surface area (Å²) in [5.74, 6) is -0.490. The quantitative estimate of drug-likeness (QED) is 0.585. The summed E-state index contributed by atoms with van der Waals surface area (Å²) in [7, 11) is 0. The fourth-order valence-corrected chi connectivity index (χ4v) is 1.32. The number of carbonyl (C=O) groups is 2. The van der Waals surface area contributed by atoms with Gasteiger partial charge in [0.2, 0.25) is 5.91 Å². The molecular formula is C11H14N2O4. The molecule has 1 aromatic carbocycles. The Kier molecular flexibility index (Phi) is 4.96. The maximum Gasteiger partial charge on any atom is 0.405 e. The van der Waals surface area contributed by atoms with Crippen molar-refractivity contribution in [1.82, 2.24) is 10.6 Å². The van der Waals surface area contributed by atoms with Crippen LogP contribution in [-0.2, 0) is 4.79 Å². The summed E-state index contributed by atoms with van der Waals surface area (Å²) >= 11 is 0. The third-order valence-corrected chi connectivity index (χ3v) is 2.12. The number of hydrogen-bond donors (Lipinski definition) is 4. The Hall–Kier alpha value is -2.08. The average molecular weight is 238 g/mol. The van der Waals surface area contributed by atoms with Crippen LogP contribution in [0.2, 0.25) is 0 Å². The van der Waals surface area contributed by atoms with E-state index in [4.69, 9.17) is 10.2 Å². The molecule has 6 nitrogen and oxygen atoms in total. The van der Waals surface area contributed by atoms with Gasteiger partial charge in [-0.3, -0.25) is 4.79 Å². The first-order valence-corrected chi connectivity index (χ1v) is 5.05. The van der Waals surface area contributed by atoms with Gasteiger partial charge in [-0.15, -0.1) is 0 Å². The lowest BCUT2D eigenvalue weighted by Crippen LogP contribution is -2.39. The van der Waals surface area contributed by atoms with E-state index in [1.54, 1.807) is 24.3 Å². The predicted molar refractivity (Wildman–Crippen MR) is 60.4 cm³/mol. The molecule has 0 radical (unpaired) electrons. The van der Waals surface area contributed by atoms with Crippen LogP contribution >= 0.6 is 0 Å². The minimum absolute atomic E-state index is 0.247. The fourth-order valence-electron chi connectivity index (χ4n) is 1.32. The third-order valence-electron chi connectivity index (χ3n) is 2.12. The van der Waals surface area contributed by atoms with Crippen molar-refractivity contribution in [3.63, 3.8) is 0 Å². The molecule has 0 saturated heterocycles. The molecule has 0 unspecified atom stereocenters. The Morgan fingerprint density at radius 3 is 2.41 bits per heavy atom. The number of rotatable bonds is 5. The van der Waals surface area contributed by atoms with E-state index in [-0.39, 0.29) is 13.2 Å². The van der Waals surface area contributed by atoms with Gasteiger partial charge in [-0.25, -0.2) is 4.79 Å². The zero-order valence-electron chi connectivity index (χ0n) is 9.09. The summed E-state index contributed by atoms with van der Waals surface area (Å²) in [6.07, 6.45) is -1.26. The Bertz CT molecular complexity index is 380. The zero-order chi connectivity index (χ0) is 12.7. The van der Waals surface area contributed by atoms with E-state index in [0.717, 1.165) is 5.56 Å². The topological polar surface area (TPSA) is 98.7 Å². The van der Waals surface area contributed by atoms with Crippen LogP contribution in [0.5, 0.6) is 0 Å². The number of aliphatic hydroxyl groups excluding tert-OH is 1. The summed E-state index contributed by atoms with van der Waals surface area (Å²) in [5.41, 5.74) is 0.763. The molecular weight excluding hydrogens is 224 g/mol. The van der Waals surface area contributed by atoms with Gasteiger partial charge in [-0.05, 0) is 5.56 Å². The maximum absolute atomic E-state index is 11.3. The van der Waals surface area contributed by atoms with Crippen LogP contribution < -0.4 is 10.6 Å². The minimum Gasteiger partial charge on any atom is -0.465 e. The van der Waals surface area contributed by atoms with Gasteiger partial charge in [0.25, 0.3) is 0 Å². The number of hydrogen-bond acceptors (Lipinski definition) is 3. The molecule has 0 heterocycles. The van der Waals surface area contributed by atoms with Gasteiger partial charge in [0, 0.05) is 0 Å². The van der Waals surface area contributed by atoms with Gasteiger partial charge in [-0.1, -0.05) is 30.3 Å². The number of amides is 2. The van der Waals surface area contributed by atoms with E-state index >= 15 is 0 Å². The van der Waals surface area contributed by atoms with Crippen LogP contribution in [0.3, 0.4) is 0 Å². The second-order valence-corrected chi connectivity index (χ2v) is 3.37. The minimum atomic E-state index is -1.26. The monoisotopic (exact) mass is 238 g/mol. The predicted octanol–water partition coefficient (Wildman–Crippen LogP) is 0.104. The summed E-state index contributed by atoms with van der Waals surface area (Å²) in [5, 5.41) is 22.0. The van der Waals surface area contributed by atoms with Crippen molar-refractivity contribution in [3.05, 3.63) is 35.9 Å². The molecule has 0 fully saturated rings.